The van der Waals surface area contributed by atoms with Gasteiger partial charge in [0.25, 0.3) is 11.5 Å². The number of carbonyl (C=O) groups is 1. The molecule has 7 nitrogen and oxygen atoms in total. The predicted molar refractivity (Wildman–Crippen MR) is 76.4 cm³/mol. The molecule has 0 aromatic carbocycles. The van der Waals surface area contributed by atoms with E-state index in [0.717, 1.165) is 0 Å². The van der Waals surface area contributed by atoms with Gasteiger partial charge in [0.2, 0.25) is 0 Å². The number of carbonyl (C=O) groups excluding carboxylic acids is 1. The molecule has 0 saturated heterocycles. The molecule has 0 saturated carbocycles. The van der Waals surface area contributed by atoms with Crippen LogP contribution in [0.4, 0.5) is 0 Å². The van der Waals surface area contributed by atoms with Crippen LogP contribution in [0.5, 0.6) is 5.75 Å². The smallest absolute Gasteiger partial charge is 0.270 e. The highest BCUT2D eigenvalue weighted by molar-refractivity contribution is 5.92. The number of ether oxygens (including phenoxy) is 1. The van der Waals surface area contributed by atoms with Crippen LogP contribution in [0.2, 0.25) is 0 Å². The van der Waals surface area contributed by atoms with Crippen molar-refractivity contribution in [1.29, 1.82) is 0 Å². The number of pyridine rings is 1. The number of H-pyrrole nitrogens is 1. The van der Waals surface area contributed by atoms with E-state index in [1.165, 1.54) is 19.4 Å². The van der Waals surface area contributed by atoms with Crippen LogP contribution in [0.3, 0.4) is 0 Å². The number of hydrogen-bond acceptors (Lipinski definition) is 5. The summed E-state index contributed by atoms with van der Waals surface area (Å²) in [4.78, 5) is 34.0. The summed E-state index contributed by atoms with van der Waals surface area (Å²) in [6.45, 7) is 2.10. The molecule has 21 heavy (non-hydrogen) atoms. The lowest BCUT2D eigenvalue weighted by atomic mass is 10.3. The van der Waals surface area contributed by atoms with Gasteiger partial charge < -0.3 is 15.0 Å². The molecule has 0 aliphatic heterocycles. The molecule has 1 amide bonds. The number of rotatable bonds is 5. The summed E-state index contributed by atoms with van der Waals surface area (Å²) in [5.41, 5.74) is 0.730. The van der Waals surface area contributed by atoms with Crippen molar-refractivity contribution in [2.24, 2.45) is 0 Å². The van der Waals surface area contributed by atoms with E-state index >= 15 is 0 Å². The topological polar surface area (TPSA) is 97.0 Å². The number of amides is 1. The summed E-state index contributed by atoms with van der Waals surface area (Å²) >= 11 is 0. The predicted octanol–water partition coefficient (Wildman–Crippen LogP) is 0.454. The molecule has 0 radical (unpaired) electrons. The zero-order valence-electron chi connectivity index (χ0n) is 11.8. The van der Waals surface area contributed by atoms with Crippen LogP contribution in [-0.2, 0) is 6.42 Å². The molecule has 2 heterocycles. The second-order valence-corrected chi connectivity index (χ2v) is 4.42. The summed E-state index contributed by atoms with van der Waals surface area (Å²) < 4.78 is 5.04. The van der Waals surface area contributed by atoms with Crippen molar-refractivity contribution in [3.8, 4) is 5.75 Å². The fourth-order valence-corrected chi connectivity index (χ4v) is 1.81. The Labute approximate surface area is 121 Å². The molecule has 2 aromatic heterocycles. The lowest BCUT2D eigenvalue weighted by Crippen LogP contribution is -2.27. The molecule has 0 atom stereocenters. The fourth-order valence-electron chi connectivity index (χ4n) is 1.81. The zero-order valence-corrected chi connectivity index (χ0v) is 11.8. The quantitative estimate of drug-likeness (QED) is 0.833. The molecular weight excluding hydrogens is 272 g/mol. The van der Waals surface area contributed by atoms with Crippen molar-refractivity contribution in [2.45, 2.75) is 13.3 Å². The van der Waals surface area contributed by atoms with Crippen LogP contribution in [0.25, 0.3) is 0 Å². The second kappa shape index (κ2) is 6.65. The van der Waals surface area contributed by atoms with Gasteiger partial charge in [-0.15, -0.1) is 0 Å². The van der Waals surface area contributed by atoms with Crippen LogP contribution >= 0.6 is 0 Å². The first-order valence-electron chi connectivity index (χ1n) is 6.43. The molecule has 7 heteroatoms. The average molecular weight is 288 g/mol. The molecule has 2 rings (SSSR count). The first kappa shape index (κ1) is 14.7. The molecule has 0 spiro atoms. The van der Waals surface area contributed by atoms with E-state index in [1.807, 2.05) is 0 Å². The van der Waals surface area contributed by atoms with Crippen LogP contribution in [0, 0.1) is 6.92 Å². The Kier molecular flexibility index (Phi) is 4.65. The second-order valence-electron chi connectivity index (χ2n) is 4.42. The largest absolute Gasteiger partial charge is 0.497 e. The number of methoxy groups -OCH3 is 1. The summed E-state index contributed by atoms with van der Waals surface area (Å²) in [6, 6.07) is 4.64. The summed E-state index contributed by atoms with van der Waals surface area (Å²) in [7, 11) is 1.52. The van der Waals surface area contributed by atoms with Crippen molar-refractivity contribution < 1.29 is 9.53 Å². The Morgan fingerprint density at radius 2 is 2.24 bits per heavy atom. The minimum atomic E-state index is -0.302. The Morgan fingerprint density at radius 1 is 1.43 bits per heavy atom. The Hall–Kier alpha value is -2.70. The maximum absolute atomic E-state index is 11.9. The Morgan fingerprint density at radius 3 is 2.95 bits per heavy atom. The van der Waals surface area contributed by atoms with Crippen molar-refractivity contribution >= 4 is 5.91 Å². The van der Waals surface area contributed by atoms with E-state index in [0.29, 0.717) is 30.2 Å². The van der Waals surface area contributed by atoms with Gasteiger partial charge in [-0.1, -0.05) is 0 Å². The zero-order chi connectivity index (χ0) is 15.2. The van der Waals surface area contributed by atoms with Gasteiger partial charge in [-0.2, -0.15) is 0 Å². The van der Waals surface area contributed by atoms with Gasteiger partial charge in [-0.3, -0.25) is 14.6 Å². The third kappa shape index (κ3) is 4.13. The molecule has 2 aromatic rings. The van der Waals surface area contributed by atoms with Gasteiger partial charge in [-0.25, -0.2) is 4.98 Å². The van der Waals surface area contributed by atoms with Gasteiger partial charge >= 0.3 is 0 Å². The van der Waals surface area contributed by atoms with Crippen LogP contribution in [0.15, 0.2) is 29.2 Å². The third-order valence-corrected chi connectivity index (χ3v) is 2.77. The fraction of sp³-hybridized carbons (Fsp3) is 0.286. The number of nitrogens with zero attached hydrogens (tertiary/aromatic N) is 2. The number of nitrogens with one attached hydrogen (secondary N) is 2. The molecule has 110 valence electrons. The minimum absolute atomic E-state index is 0.196. The highest BCUT2D eigenvalue weighted by atomic mass is 16.5. The summed E-state index contributed by atoms with van der Waals surface area (Å²) in [5, 5.41) is 2.72. The highest BCUT2D eigenvalue weighted by Crippen LogP contribution is 2.09. The lowest BCUT2D eigenvalue weighted by molar-refractivity contribution is 0.0948. The standard InChI is InChI=1S/C14H16N4O3/c1-9-7-13(19)18-12(17-9)4-6-16-14(20)11-8-10(21-2)3-5-15-11/h3,5,7-8H,4,6H2,1-2H3,(H,16,20)(H,17,18,19). The normalized spacial score (nSPS) is 10.2. The molecular formula is C14H16N4O3. The van der Waals surface area contributed by atoms with E-state index in [-0.39, 0.29) is 17.2 Å². The van der Waals surface area contributed by atoms with E-state index in [2.05, 4.69) is 20.3 Å². The Bertz CT molecular complexity index is 697. The third-order valence-electron chi connectivity index (χ3n) is 2.77. The molecule has 0 bridgehead atoms. The highest BCUT2D eigenvalue weighted by Gasteiger charge is 2.08. The van der Waals surface area contributed by atoms with Crippen molar-refractivity contribution in [2.75, 3.05) is 13.7 Å². The SMILES string of the molecule is COc1ccnc(C(=O)NCCc2nc(C)cc(=O)[nH]2)c1. The van der Waals surface area contributed by atoms with Gasteiger partial charge in [-0.05, 0) is 13.0 Å². The van der Waals surface area contributed by atoms with Crippen molar-refractivity contribution in [1.82, 2.24) is 20.3 Å². The average Bonchev–Trinajstić information content (AvgIpc) is 2.46. The number of aromatic amines is 1. The van der Waals surface area contributed by atoms with E-state index in [1.54, 1.807) is 19.1 Å². The van der Waals surface area contributed by atoms with Gasteiger partial charge in [0.1, 0.15) is 17.3 Å². The number of aryl methyl sites for hydroxylation is 1. The maximum Gasteiger partial charge on any atom is 0.270 e. The minimum Gasteiger partial charge on any atom is -0.497 e. The molecule has 2 N–H and O–H groups in total. The monoisotopic (exact) mass is 288 g/mol. The summed E-state index contributed by atoms with van der Waals surface area (Å²) in [6.07, 6.45) is 1.94. The number of aromatic nitrogens is 3. The van der Waals surface area contributed by atoms with Crippen LogP contribution < -0.4 is 15.6 Å². The molecule has 0 fully saturated rings. The van der Waals surface area contributed by atoms with Gasteiger partial charge in [0.05, 0.1) is 7.11 Å². The van der Waals surface area contributed by atoms with E-state index in [4.69, 9.17) is 4.74 Å². The first-order chi connectivity index (χ1) is 10.1. The molecule has 0 aliphatic rings. The maximum atomic E-state index is 11.9. The van der Waals surface area contributed by atoms with E-state index < -0.39 is 0 Å². The van der Waals surface area contributed by atoms with Crippen molar-refractivity contribution in [3.63, 3.8) is 0 Å². The first-order valence-corrected chi connectivity index (χ1v) is 6.43. The van der Waals surface area contributed by atoms with E-state index in [9.17, 15) is 9.59 Å². The van der Waals surface area contributed by atoms with Gasteiger partial charge in [0, 0.05) is 37.0 Å². The van der Waals surface area contributed by atoms with Crippen LogP contribution in [-0.4, -0.2) is 34.5 Å². The van der Waals surface area contributed by atoms with Gasteiger partial charge in [0.15, 0.2) is 0 Å². The lowest BCUT2D eigenvalue weighted by Gasteiger charge is -2.06. The van der Waals surface area contributed by atoms with Crippen LogP contribution in [0.1, 0.15) is 22.0 Å². The van der Waals surface area contributed by atoms with Crippen molar-refractivity contribution in [3.05, 3.63) is 52.0 Å². The molecule has 0 aliphatic carbocycles. The molecule has 0 unspecified atom stereocenters. The summed E-state index contributed by atoms with van der Waals surface area (Å²) in [5.74, 6) is 0.808. The Balaban J connectivity index is 1.93. The number of hydrogen-bond donors (Lipinski definition) is 2.